The Morgan fingerprint density at radius 3 is 3.08 bits per heavy atom. The van der Waals surface area contributed by atoms with Crippen LogP contribution in [0.4, 0.5) is 0 Å². The SMILES string of the molecule is Cc1ccccc1-c1noc(CCCC(=O)N2CCOC[C@H](O)C2)n1. The van der Waals surface area contributed by atoms with Gasteiger partial charge in [0.15, 0.2) is 0 Å². The lowest BCUT2D eigenvalue weighted by Crippen LogP contribution is -2.37. The number of hydrogen-bond acceptors (Lipinski definition) is 6. The van der Waals surface area contributed by atoms with Crippen molar-refractivity contribution >= 4 is 5.91 Å². The van der Waals surface area contributed by atoms with E-state index in [-0.39, 0.29) is 12.5 Å². The topological polar surface area (TPSA) is 88.7 Å². The summed E-state index contributed by atoms with van der Waals surface area (Å²) in [7, 11) is 0. The highest BCUT2D eigenvalue weighted by Crippen LogP contribution is 2.20. The number of benzene rings is 1. The molecule has 1 aromatic carbocycles. The number of aliphatic hydroxyl groups excluding tert-OH is 1. The summed E-state index contributed by atoms with van der Waals surface area (Å²) < 4.78 is 10.5. The molecule has 0 radical (unpaired) electrons. The summed E-state index contributed by atoms with van der Waals surface area (Å²) >= 11 is 0. The summed E-state index contributed by atoms with van der Waals surface area (Å²) in [4.78, 5) is 18.3. The van der Waals surface area contributed by atoms with Crippen molar-refractivity contribution in [3.8, 4) is 11.4 Å². The van der Waals surface area contributed by atoms with Gasteiger partial charge < -0.3 is 19.3 Å². The lowest BCUT2D eigenvalue weighted by molar-refractivity contribution is -0.132. The van der Waals surface area contributed by atoms with Crippen LogP contribution < -0.4 is 0 Å². The molecule has 134 valence electrons. The molecule has 1 aliphatic rings. The number of β-amino-alcohol motifs (C(OH)–C–C–N with tert-alkyl or cyclic N) is 1. The number of ether oxygens (including phenoxy) is 1. The van der Waals surface area contributed by atoms with Crippen molar-refractivity contribution in [1.29, 1.82) is 0 Å². The predicted octanol–water partition coefficient (Wildman–Crippen LogP) is 1.59. The van der Waals surface area contributed by atoms with Gasteiger partial charge in [-0.05, 0) is 18.9 Å². The Kier molecular flexibility index (Phi) is 5.78. The number of aromatic nitrogens is 2. The fraction of sp³-hybridized carbons (Fsp3) is 0.500. The van der Waals surface area contributed by atoms with Crippen molar-refractivity contribution in [2.75, 3.05) is 26.3 Å². The van der Waals surface area contributed by atoms with Gasteiger partial charge in [-0.1, -0.05) is 29.4 Å². The van der Waals surface area contributed by atoms with Gasteiger partial charge in [0, 0.05) is 31.5 Å². The summed E-state index contributed by atoms with van der Waals surface area (Å²) in [5, 5.41) is 13.7. The van der Waals surface area contributed by atoms with Crippen LogP contribution in [0.2, 0.25) is 0 Å². The van der Waals surface area contributed by atoms with E-state index in [4.69, 9.17) is 9.26 Å². The average Bonchev–Trinajstić information content (AvgIpc) is 2.95. The number of nitrogens with zero attached hydrogens (tertiary/aromatic N) is 3. The van der Waals surface area contributed by atoms with Gasteiger partial charge in [-0.25, -0.2) is 0 Å². The highest BCUT2D eigenvalue weighted by atomic mass is 16.5. The first kappa shape index (κ1) is 17.6. The first-order valence-electron chi connectivity index (χ1n) is 8.55. The average molecular weight is 345 g/mol. The van der Waals surface area contributed by atoms with Gasteiger partial charge in [0.05, 0.1) is 19.3 Å². The summed E-state index contributed by atoms with van der Waals surface area (Å²) in [6, 6.07) is 7.87. The molecule has 0 aliphatic carbocycles. The fourth-order valence-electron chi connectivity index (χ4n) is 2.86. The van der Waals surface area contributed by atoms with Crippen LogP contribution in [-0.2, 0) is 16.0 Å². The maximum atomic E-state index is 12.3. The molecule has 1 fully saturated rings. The molecule has 2 heterocycles. The van der Waals surface area contributed by atoms with Crippen LogP contribution in [0.3, 0.4) is 0 Å². The van der Waals surface area contributed by atoms with Crippen LogP contribution in [-0.4, -0.2) is 58.5 Å². The second kappa shape index (κ2) is 8.22. The van der Waals surface area contributed by atoms with Gasteiger partial charge in [0.1, 0.15) is 0 Å². The third-order valence-electron chi connectivity index (χ3n) is 4.23. The van der Waals surface area contributed by atoms with E-state index in [1.807, 2.05) is 31.2 Å². The van der Waals surface area contributed by atoms with Crippen molar-refractivity contribution in [3.05, 3.63) is 35.7 Å². The van der Waals surface area contributed by atoms with Crippen LogP contribution in [0, 0.1) is 6.92 Å². The van der Waals surface area contributed by atoms with Crippen LogP contribution in [0.1, 0.15) is 24.3 Å². The summed E-state index contributed by atoms with van der Waals surface area (Å²) in [6.07, 6.45) is 0.952. The maximum absolute atomic E-state index is 12.3. The molecule has 0 bridgehead atoms. The van der Waals surface area contributed by atoms with Gasteiger partial charge >= 0.3 is 0 Å². The van der Waals surface area contributed by atoms with Gasteiger partial charge in [-0.15, -0.1) is 0 Å². The van der Waals surface area contributed by atoms with E-state index in [1.165, 1.54) is 0 Å². The molecule has 0 spiro atoms. The van der Waals surface area contributed by atoms with Crippen molar-refractivity contribution in [1.82, 2.24) is 15.0 Å². The minimum absolute atomic E-state index is 0.0168. The largest absolute Gasteiger partial charge is 0.389 e. The second-order valence-corrected chi connectivity index (χ2v) is 6.25. The highest BCUT2D eigenvalue weighted by Gasteiger charge is 2.20. The fourth-order valence-corrected chi connectivity index (χ4v) is 2.86. The Morgan fingerprint density at radius 1 is 1.40 bits per heavy atom. The molecule has 1 saturated heterocycles. The predicted molar refractivity (Wildman–Crippen MR) is 90.8 cm³/mol. The monoisotopic (exact) mass is 345 g/mol. The van der Waals surface area contributed by atoms with Gasteiger partial charge in [-0.3, -0.25) is 4.79 Å². The third-order valence-corrected chi connectivity index (χ3v) is 4.23. The molecule has 7 nitrogen and oxygen atoms in total. The third kappa shape index (κ3) is 4.64. The second-order valence-electron chi connectivity index (χ2n) is 6.25. The van der Waals surface area contributed by atoms with Crippen molar-refractivity contribution in [2.24, 2.45) is 0 Å². The molecule has 3 rings (SSSR count). The van der Waals surface area contributed by atoms with E-state index >= 15 is 0 Å². The summed E-state index contributed by atoms with van der Waals surface area (Å²) in [5.74, 6) is 1.13. The van der Waals surface area contributed by atoms with E-state index in [0.717, 1.165) is 11.1 Å². The maximum Gasteiger partial charge on any atom is 0.226 e. The van der Waals surface area contributed by atoms with E-state index in [1.54, 1.807) is 4.90 Å². The number of aliphatic hydroxyl groups is 1. The Balaban J connectivity index is 1.51. The van der Waals surface area contributed by atoms with Crippen molar-refractivity contribution < 1.29 is 19.2 Å². The van der Waals surface area contributed by atoms with Crippen molar-refractivity contribution in [2.45, 2.75) is 32.3 Å². The van der Waals surface area contributed by atoms with E-state index in [2.05, 4.69) is 10.1 Å². The molecule has 1 aliphatic heterocycles. The molecule has 1 N–H and O–H groups in total. The Bertz CT molecular complexity index is 716. The molecule has 2 aromatic rings. The number of hydrogen-bond donors (Lipinski definition) is 1. The quantitative estimate of drug-likeness (QED) is 0.885. The molecule has 25 heavy (non-hydrogen) atoms. The van der Waals surface area contributed by atoms with Crippen LogP contribution in [0.25, 0.3) is 11.4 Å². The Labute approximate surface area is 146 Å². The molecular weight excluding hydrogens is 322 g/mol. The zero-order chi connectivity index (χ0) is 17.6. The standard InChI is InChI=1S/C18H23N3O4/c1-13-5-2-3-6-15(13)18-19-16(25-20-18)7-4-8-17(23)21-9-10-24-12-14(22)11-21/h2-3,5-6,14,22H,4,7-12H2,1H3/t14-/m1/s1. The van der Waals surface area contributed by atoms with Gasteiger partial charge in [-0.2, -0.15) is 4.98 Å². The van der Waals surface area contributed by atoms with Crippen LogP contribution in [0.5, 0.6) is 0 Å². The molecular formula is C18H23N3O4. The first-order valence-corrected chi connectivity index (χ1v) is 8.55. The number of rotatable bonds is 5. The molecule has 0 unspecified atom stereocenters. The molecule has 1 aromatic heterocycles. The highest BCUT2D eigenvalue weighted by molar-refractivity contribution is 5.76. The molecule has 0 saturated carbocycles. The minimum atomic E-state index is -0.612. The Morgan fingerprint density at radius 2 is 2.24 bits per heavy atom. The van der Waals surface area contributed by atoms with Crippen LogP contribution in [0.15, 0.2) is 28.8 Å². The molecule has 7 heteroatoms. The van der Waals surface area contributed by atoms with Crippen LogP contribution >= 0.6 is 0 Å². The normalized spacial score (nSPS) is 18.2. The number of carbonyl (C=O) groups is 1. The summed E-state index contributed by atoms with van der Waals surface area (Å²) in [6.45, 7) is 3.60. The van der Waals surface area contributed by atoms with E-state index in [9.17, 15) is 9.90 Å². The minimum Gasteiger partial charge on any atom is -0.389 e. The zero-order valence-electron chi connectivity index (χ0n) is 14.4. The first-order chi connectivity index (χ1) is 12.1. The molecule has 1 amide bonds. The number of carbonyl (C=O) groups excluding carboxylic acids is 1. The number of amides is 1. The van der Waals surface area contributed by atoms with E-state index in [0.29, 0.717) is 50.7 Å². The van der Waals surface area contributed by atoms with Crippen molar-refractivity contribution in [3.63, 3.8) is 0 Å². The Hall–Kier alpha value is -2.25. The lowest BCUT2D eigenvalue weighted by Gasteiger charge is -2.21. The van der Waals surface area contributed by atoms with Gasteiger partial charge in [0.25, 0.3) is 0 Å². The number of aryl methyl sites for hydroxylation is 2. The zero-order valence-corrected chi connectivity index (χ0v) is 14.4. The molecule has 1 atom stereocenters. The smallest absolute Gasteiger partial charge is 0.226 e. The van der Waals surface area contributed by atoms with Gasteiger partial charge in [0.2, 0.25) is 17.6 Å². The summed E-state index contributed by atoms with van der Waals surface area (Å²) in [5.41, 5.74) is 2.04. The lowest BCUT2D eigenvalue weighted by atomic mass is 10.1. The van der Waals surface area contributed by atoms with E-state index < -0.39 is 6.10 Å².